The smallest absolute Gasteiger partial charge is 0.294 e. The van der Waals surface area contributed by atoms with Crippen molar-refractivity contribution < 1.29 is 13.9 Å². The van der Waals surface area contributed by atoms with E-state index in [9.17, 15) is 4.79 Å². The van der Waals surface area contributed by atoms with E-state index in [1.165, 1.54) is 5.56 Å². The fraction of sp³-hybridized carbons (Fsp3) is 0.292. The number of ether oxygens (including phenoxy) is 1. The van der Waals surface area contributed by atoms with E-state index in [1.54, 1.807) is 25.5 Å². The molecule has 0 spiro atoms. The number of nitrogens with zero attached hydrogens (tertiary/aromatic N) is 2. The Morgan fingerprint density at radius 1 is 1.03 bits per heavy atom. The molecule has 0 saturated carbocycles. The van der Waals surface area contributed by atoms with Crippen molar-refractivity contribution in [1.29, 1.82) is 0 Å². The van der Waals surface area contributed by atoms with Crippen molar-refractivity contribution in [3.63, 3.8) is 0 Å². The Kier molecular flexibility index (Phi) is 5.96. The molecule has 0 radical (unpaired) electrons. The molecular weight excluding hydrogens is 364 g/mol. The molecule has 0 atom stereocenters. The van der Waals surface area contributed by atoms with Crippen molar-refractivity contribution >= 4 is 11.6 Å². The minimum Gasteiger partial charge on any atom is -0.496 e. The molecule has 0 N–H and O–H groups in total. The fourth-order valence-electron chi connectivity index (χ4n) is 4.01. The molecule has 0 unspecified atom stereocenters. The van der Waals surface area contributed by atoms with Gasteiger partial charge in [-0.05, 0) is 43.2 Å². The van der Waals surface area contributed by atoms with E-state index in [1.807, 2.05) is 53.4 Å². The van der Waals surface area contributed by atoms with E-state index in [0.717, 1.165) is 43.9 Å². The Hall–Kier alpha value is -3.05. The van der Waals surface area contributed by atoms with Gasteiger partial charge in [-0.2, -0.15) is 0 Å². The van der Waals surface area contributed by atoms with E-state index in [-0.39, 0.29) is 11.9 Å². The first-order valence-corrected chi connectivity index (χ1v) is 10.0. The minimum absolute atomic E-state index is 0.0793. The summed E-state index contributed by atoms with van der Waals surface area (Å²) in [6.45, 7) is 2.71. The van der Waals surface area contributed by atoms with Crippen LogP contribution in [-0.2, 0) is 6.54 Å². The number of rotatable bonds is 6. The number of piperidine rings is 1. The number of carbonyl (C=O) groups excluding carboxylic acids is 1. The number of benzene rings is 2. The highest BCUT2D eigenvalue weighted by molar-refractivity contribution is 6.04. The molecule has 1 aliphatic rings. The molecule has 2 heterocycles. The van der Waals surface area contributed by atoms with Gasteiger partial charge in [-0.15, -0.1) is 0 Å². The van der Waals surface area contributed by atoms with E-state index in [0.29, 0.717) is 5.76 Å². The third-order valence-electron chi connectivity index (χ3n) is 5.49. The molecule has 1 saturated heterocycles. The maximum atomic E-state index is 13.2. The molecule has 1 fully saturated rings. The monoisotopic (exact) mass is 390 g/mol. The van der Waals surface area contributed by atoms with Crippen LogP contribution < -0.4 is 9.64 Å². The lowest BCUT2D eigenvalue weighted by Gasteiger charge is -2.38. The maximum absolute atomic E-state index is 13.2. The van der Waals surface area contributed by atoms with Crippen LogP contribution >= 0.6 is 0 Å². The number of para-hydroxylation sites is 2. The van der Waals surface area contributed by atoms with Gasteiger partial charge in [0.15, 0.2) is 5.76 Å². The van der Waals surface area contributed by atoms with E-state index >= 15 is 0 Å². The van der Waals surface area contributed by atoms with Crippen LogP contribution in [-0.4, -0.2) is 37.0 Å². The topological polar surface area (TPSA) is 45.9 Å². The summed E-state index contributed by atoms with van der Waals surface area (Å²) in [5, 5.41) is 0. The Balaban J connectivity index is 1.47. The number of furan rings is 1. The molecule has 0 aliphatic carbocycles. The maximum Gasteiger partial charge on any atom is 0.294 e. The van der Waals surface area contributed by atoms with E-state index in [4.69, 9.17) is 9.15 Å². The summed E-state index contributed by atoms with van der Waals surface area (Å²) in [5.41, 5.74) is 2.11. The minimum atomic E-state index is -0.0793. The van der Waals surface area contributed by atoms with Crippen LogP contribution in [0.2, 0.25) is 0 Å². The quantitative estimate of drug-likeness (QED) is 0.617. The summed E-state index contributed by atoms with van der Waals surface area (Å²) in [4.78, 5) is 17.5. The molecular formula is C24H26N2O3. The molecule has 5 heteroatoms. The van der Waals surface area contributed by atoms with Crippen LogP contribution in [0.3, 0.4) is 0 Å². The molecule has 150 valence electrons. The van der Waals surface area contributed by atoms with Gasteiger partial charge < -0.3 is 14.1 Å². The van der Waals surface area contributed by atoms with Crippen LogP contribution in [0.5, 0.6) is 5.75 Å². The van der Waals surface area contributed by atoms with Crippen LogP contribution in [0.1, 0.15) is 29.0 Å². The number of methoxy groups -OCH3 is 1. The summed E-state index contributed by atoms with van der Waals surface area (Å²) in [6, 6.07) is 21.7. The van der Waals surface area contributed by atoms with Gasteiger partial charge in [-0.3, -0.25) is 9.69 Å². The third-order valence-corrected chi connectivity index (χ3v) is 5.49. The van der Waals surface area contributed by atoms with Crippen LogP contribution in [0, 0.1) is 0 Å². The number of amides is 1. The summed E-state index contributed by atoms with van der Waals surface area (Å²) in [6.07, 6.45) is 3.37. The molecule has 3 aromatic rings. The molecule has 0 bridgehead atoms. The molecule has 1 amide bonds. The Bertz CT molecular complexity index is 916. The number of anilines is 1. The van der Waals surface area contributed by atoms with E-state index < -0.39 is 0 Å². The van der Waals surface area contributed by atoms with Gasteiger partial charge in [0.05, 0.1) is 13.4 Å². The fourth-order valence-corrected chi connectivity index (χ4v) is 4.01. The molecule has 4 rings (SSSR count). The zero-order valence-electron chi connectivity index (χ0n) is 16.7. The number of hydrogen-bond acceptors (Lipinski definition) is 4. The van der Waals surface area contributed by atoms with Gasteiger partial charge in [-0.1, -0.05) is 36.4 Å². The second kappa shape index (κ2) is 8.97. The predicted octanol–water partition coefficient (Wildman–Crippen LogP) is 4.60. The average Bonchev–Trinajstić information content (AvgIpc) is 3.31. The van der Waals surface area contributed by atoms with Crippen LogP contribution in [0.25, 0.3) is 0 Å². The lowest BCUT2D eigenvalue weighted by molar-refractivity contribution is 0.0931. The first-order valence-electron chi connectivity index (χ1n) is 10.0. The normalized spacial score (nSPS) is 15.2. The lowest BCUT2D eigenvalue weighted by Crippen LogP contribution is -2.47. The SMILES string of the molecule is COc1ccccc1CN1CCC(N(C(=O)c2ccco2)c2ccccc2)CC1. The summed E-state index contributed by atoms with van der Waals surface area (Å²) in [7, 11) is 1.71. The zero-order chi connectivity index (χ0) is 20.1. The standard InChI is InChI=1S/C24H26N2O3/c1-28-22-11-6-5-8-19(22)18-25-15-13-21(14-16-25)26(20-9-3-2-4-10-20)24(27)23-12-7-17-29-23/h2-12,17,21H,13-16,18H2,1H3. The predicted molar refractivity (Wildman–Crippen MR) is 113 cm³/mol. The summed E-state index contributed by atoms with van der Waals surface area (Å²) >= 11 is 0. The second-order valence-corrected chi connectivity index (χ2v) is 7.31. The number of hydrogen-bond donors (Lipinski definition) is 0. The Morgan fingerprint density at radius 2 is 1.76 bits per heavy atom. The van der Waals surface area contributed by atoms with Gasteiger partial charge in [0.25, 0.3) is 5.91 Å². The van der Waals surface area contributed by atoms with Crippen molar-refractivity contribution in [2.45, 2.75) is 25.4 Å². The molecule has 2 aromatic carbocycles. The Morgan fingerprint density at radius 3 is 2.45 bits per heavy atom. The van der Waals surface area contributed by atoms with Crippen molar-refractivity contribution in [1.82, 2.24) is 4.90 Å². The molecule has 1 aliphatic heterocycles. The molecule has 5 nitrogen and oxygen atoms in total. The lowest BCUT2D eigenvalue weighted by atomic mass is 10.0. The summed E-state index contributed by atoms with van der Waals surface area (Å²) in [5.74, 6) is 1.23. The van der Waals surface area contributed by atoms with Gasteiger partial charge in [0.1, 0.15) is 5.75 Å². The van der Waals surface area contributed by atoms with E-state index in [2.05, 4.69) is 11.0 Å². The summed E-state index contributed by atoms with van der Waals surface area (Å²) < 4.78 is 10.9. The highest BCUT2D eigenvalue weighted by atomic mass is 16.5. The van der Waals surface area contributed by atoms with Gasteiger partial charge in [-0.25, -0.2) is 0 Å². The largest absolute Gasteiger partial charge is 0.496 e. The number of carbonyl (C=O) groups is 1. The Labute approximate surface area is 171 Å². The first kappa shape index (κ1) is 19.3. The van der Waals surface area contributed by atoms with Crippen molar-refractivity contribution in [3.8, 4) is 5.75 Å². The van der Waals surface area contributed by atoms with Crippen molar-refractivity contribution in [3.05, 3.63) is 84.3 Å². The molecule has 29 heavy (non-hydrogen) atoms. The second-order valence-electron chi connectivity index (χ2n) is 7.31. The first-order chi connectivity index (χ1) is 14.3. The van der Waals surface area contributed by atoms with Gasteiger partial charge in [0, 0.05) is 36.9 Å². The third kappa shape index (κ3) is 4.35. The highest BCUT2D eigenvalue weighted by Gasteiger charge is 2.31. The van der Waals surface area contributed by atoms with Crippen LogP contribution in [0.4, 0.5) is 5.69 Å². The van der Waals surface area contributed by atoms with Crippen LogP contribution in [0.15, 0.2) is 77.4 Å². The van der Waals surface area contributed by atoms with Gasteiger partial charge >= 0.3 is 0 Å². The van der Waals surface area contributed by atoms with Crippen molar-refractivity contribution in [2.24, 2.45) is 0 Å². The van der Waals surface area contributed by atoms with Gasteiger partial charge in [0.2, 0.25) is 0 Å². The van der Waals surface area contributed by atoms with Crippen molar-refractivity contribution in [2.75, 3.05) is 25.1 Å². The number of likely N-dealkylation sites (tertiary alicyclic amines) is 1. The average molecular weight is 390 g/mol. The molecule has 1 aromatic heterocycles. The zero-order valence-corrected chi connectivity index (χ0v) is 16.7. The highest BCUT2D eigenvalue weighted by Crippen LogP contribution is 2.27.